The largest absolute Gasteiger partial charge is 0.385 e. The van der Waals surface area contributed by atoms with Crippen LogP contribution in [-0.4, -0.2) is 22.0 Å². The van der Waals surface area contributed by atoms with Crippen LogP contribution in [0.1, 0.15) is 17.3 Å². The van der Waals surface area contributed by atoms with E-state index in [1.807, 2.05) is 24.3 Å². The smallest absolute Gasteiger partial charge is 0.193 e. The van der Waals surface area contributed by atoms with Crippen LogP contribution in [0.2, 0.25) is 0 Å². The second-order valence-corrected chi connectivity index (χ2v) is 3.29. The second kappa shape index (κ2) is 3.27. The Kier molecular flexibility index (Phi) is 2.09. The molecule has 14 heavy (non-hydrogen) atoms. The summed E-state index contributed by atoms with van der Waals surface area (Å²) in [5, 5.41) is 10.0. The van der Waals surface area contributed by atoms with Crippen LogP contribution in [0.15, 0.2) is 30.5 Å². The van der Waals surface area contributed by atoms with Gasteiger partial charge in [-0.1, -0.05) is 18.2 Å². The van der Waals surface area contributed by atoms with E-state index >= 15 is 0 Å². The maximum absolute atomic E-state index is 11.5. The van der Waals surface area contributed by atoms with Gasteiger partial charge in [0.1, 0.15) is 6.10 Å². The molecule has 2 N–H and O–H groups in total. The first-order valence-electron chi connectivity index (χ1n) is 4.48. The number of rotatable bonds is 2. The Hall–Kier alpha value is -1.61. The SMILES string of the molecule is C[C@@H](O)C(=O)c1c[nH]c2ccccc12. The molecule has 0 aliphatic rings. The van der Waals surface area contributed by atoms with Crippen LogP contribution < -0.4 is 0 Å². The lowest BCUT2D eigenvalue weighted by Gasteiger charge is -2.00. The zero-order chi connectivity index (χ0) is 10.1. The molecule has 0 spiro atoms. The summed E-state index contributed by atoms with van der Waals surface area (Å²) in [6.45, 7) is 1.48. The van der Waals surface area contributed by atoms with Crippen LogP contribution in [0.3, 0.4) is 0 Å². The molecule has 3 nitrogen and oxygen atoms in total. The van der Waals surface area contributed by atoms with Gasteiger partial charge in [0.25, 0.3) is 0 Å². The van der Waals surface area contributed by atoms with Gasteiger partial charge in [-0.25, -0.2) is 0 Å². The summed E-state index contributed by atoms with van der Waals surface area (Å²) in [5.74, 6) is -0.248. The number of fused-ring (bicyclic) bond motifs is 1. The molecule has 0 saturated heterocycles. The standard InChI is InChI=1S/C11H11NO2/c1-7(13)11(14)9-6-12-10-5-3-2-4-8(9)10/h2-7,12-13H,1H3/t7-/m1/s1. The Balaban J connectivity index is 2.58. The van der Waals surface area contributed by atoms with E-state index < -0.39 is 6.10 Å². The van der Waals surface area contributed by atoms with Crippen LogP contribution in [-0.2, 0) is 0 Å². The number of carbonyl (C=O) groups excluding carboxylic acids is 1. The highest BCUT2D eigenvalue weighted by molar-refractivity contribution is 6.09. The molecule has 3 heteroatoms. The van der Waals surface area contributed by atoms with E-state index in [-0.39, 0.29) is 5.78 Å². The van der Waals surface area contributed by atoms with E-state index in [9.17, 15) is 9.90 Å². The summed E-state index contributed by atoms with van der Waals surface area (Å²) in [6.07, 6.45) is 0.689. The minimum atomic E-state index is -0.950. The molecule has 0 unspecified atom stereocenters. The van der Waals surface area contributed by atoms with Crippen LogP contribution in [0, 0.1) is 0 Å². The van der Waals surface area contributed by atoms with Gasteiger partial charge in [-0.3, -0.25) is 4.79 Å². The number of para-hydroxylation sites is 1. The summed E-state index contributed by atoms with van der Waals surface area (Å²) in [5.41, 5.74) is 1.46. The zero-order valence-electron chi connectivity index (χ0n) is 7.82. The molecule has 1 atom stereocenters. The van der Waals surface area contributed by atoms with E-state index in [0.717, 1.165) is 10.9 Å². The van der Waals surface area contributed by atoms with Gasteiger partial charge in [0.2, 0.25) is 0 Å². The molecule has 2 rings (SSSR count). The van der Waals surface area contributed by atoms with E-state index in [1.54, 1.807) is 6.20 Å². The number of nitrogens with one attached hydrogen (secondary N) is 1. The zero-order valence-corrected chi connectivity index (χ0v) is 7.82. The number of aromatic amines is 1. The molecule has 1 aromatic carbocycles. The molecular formula is C11H11NO2. The van der Waals surface area contributed by atoms with Gasteiger partial charge in [-0.15, -0.1) is 0 Å². The molecule has 72 valence electrons. The first kappa shape index (κ1) is 8.97. The Bertz CT molecular complexity index is 471. The van der Waals surface area contributed by atoms with Crippen LogP contribution in [0.4, 0.5) is 0 Å². The first-order chi connectivity index (χ1) is 6.70. The normalized spacial score (nSPS) is 13.0. The van der Waals surface area contributed by atoms with Crippen LogP contribution >= 0.6 is 0 Å². The maximum atomic E-state index is 11.5. The van der Waals surface area contributed by atoms with E-state index in [2.05, 4.69) is 4.98 Å². The molecular weight excluding hydrogens is 178 g/mol. The van der Waals surface area contributed by atoms with Crippen molar-refractivity contribution in [1.29, 1.82) is 0 Å². The fourth-order valence-electron chi connectivity index (χ4n) is 1.50. The highest BCUT2D eigenvalue weighted by Crippen LogP contribution is 2.18. The highest BCUT2D eigenvalue weighted by Gasteiger charge is 2.15. The lowest BCUT2D eigenvalue weighted by molar-refractivity contribution is 0.0781. The highest BCUT2D eigenvalue weighted by atomic mass is 16.3. The van der Waals surface area contributed by atoms with Crippen molar-refractivity contribution in [2.75, 3.05) is 0 Å². The summed E-state index contributed by atoms with van der Waals surface area (Å²) in [4.78, 5) is 14.5. The van der Waals surface area contributed by atoms with Gasteiger partial charge in [-0.05, 0) is 13.0 Å². The lowest BCUT2D eigenvalue weighted by atomic mass is 10.1. The average Bonchev–Trinajstić information content (AvgIpc) is 2.60. The van der Waals surface area contributed by atoms with Crippen molar-refractivity contribution in [3.05, 3.63) is 36.0 Å². The number of H-pyrrole nitrogens is 1. The van der Waals surface area contributed by atoms with Gasteiger partial charge < -0.3 is 10.1 Å². The number of aromatic nitrogens is 1. The summed E-state index contributed by atoms with van der Waals surface area (Å²) < 4.78 is 0. The summed E-state index contributed by atoms with van der Waals surface area (Å²) in [7, 11) is 0. The summed E-state index contributed by atoms with van der Waals surface area (Å²) >= 11 is 0. The Morgan fingerprint density at radius 2 is 2.14 bits per heavy atom. The van der Waals surface area contributed by atoms with Crippen LogP contribution in [0.25, 0.3) is 10.9 Å². The first-order valence-corrected chi connectivity index (χ1v) is 4.48. The number of aliphatic hydroxyl groups is 1. The predicted octanol–water partition coefficient (Wildman–Crippen LogP) is 1.73. The third kappa shape index (κ3) is 1.32. The van der Waals surface area contributed by atoms with E-state index in [4.69, 9.17) is 0 Å². The third-order valence-electron chi connectivity index (χ3n) is 2.23. The predicted molar refractivity (Wildman–Crippen MR) is 54.3 cm³/mol. The molecule has 0 fully saturated rings. The molecule has 0 amide bonds. The number of aliphatic hydroxyl groups excluding tert-OH is 1. The number of benzene rings is 1. The van der Waals surface area contributed by atoms with Crippen molar-refractivity contribution < 1.29 is 9.90 Å². The number of hydrogen-bond donors (Lipinski definition) is 2. The number of hydrogen-bond acceptors (Lipinski definition) is 2. The van der Waals surface area contributed by atoms with E-state index in [1.165, 1.54) is 6.92 Å². The van der Waals surface area contributed by atoms with E-state index in [0.29, 0.717) is 5.56 Å². The Morgan fingerprint density at radius 3 is 2.86 bits per heavy atom. The molecule has 1 heterocycles. The van der Waals surface area contributed by atoms with Crippen molar-refractivity contribution in [2.45, 2.75) is 13.0 Å². The quantitative estimate of drug-likeness (QED) is 0.707. The molecule has 0 bridgehead atoms. The van der Waals surface area contributed by atoms with Crippen molar-refractivity contribution in [1.82, 2.24) is 4.98 Å². The molecule has 2 aromatic rings. The van der Waals surface area contributed by atoms with Crippen molar-refractivity contribution in [3.8, 4) is 0 Å². The Morgan fingerprint density at radius 1 is 1.43 bits per heavy atom. The van der Waals surface area contributed by atoms with Gasteiger partial charge in [-0.2, -0.15) is 0 Å². The van der Waals surface area contributed by atoms with Gasteiger partial charge in [0.15, 0.2) is 5.78 Å². The number of Topliss-reactive ketones (excluding diaryl/α,β-unsaturated/α-hetero) is 1. The van der Waals surface area contributed by atoms with Gasteiger partial charge in [0, 0.05) is 22.7 Å². The summed E-state index contributed by atoms with van der Waals surface area (Å²) in [6, 6.07) is 7.53. The Labute approximate surface area is 81.4 Å². The topological polar surface area (TPSA) is 53.1 Å². The van der Waals surface area contributed by atoms with Crippen molar-refractivity contribution >= 4 is 16.7 Å². The van der Waals surface area contributed by atoms with Crippen molar-refractivity contribution in [2.24, 2.45) is 0 Å². The fourth-order valence-corrected chi connectivity index (χ4v) is 1.50. The van der Waals surface area contributed by atoms with Gasteiger partial charge >= 0.3 is 0 Å². The van der Waals surface area contributed by atoms with Crippen molar-refractivity contribution in [3.63, 3.8) is 0 Å². The molecule has 1 aromatic heterocycles. The lowest BCUT2D eigenvalue weighted by Crippen LogP contribution is -2.15. The molecule has 0 aliphatic carbocycles. The third-order valence-corrected chi connectivity index (χ3v) is 2.23. The molecule has 0 aliphatic heterocycles. The van der Waals surface area contributed by atoms with Crippen LogP contribution in [0.5, 0.6) is 0 Å². The fraction of sp³-hybridized carbons (Fsp3) is 0.182. The average molecular weight is 189 g/mol. The molecule has 0 saturated carbocycles. The molecule has 0 radical (unpaired) electrons. The maximum Gasteiger partial charge on any atom is 0.193 e. The monoisotopic (exact) mass is 189 g/mol. The minimum absolute atomic E-state index is 0.248. The number of ketones is 1. The minimum Gasteiger partial charge on any atom is -0.385 e. The van der Waals surface area contributed by atoms with Gasteiger partial charge in [0.05, 0.1) is 0 Å². The number of carbonyl (C=O) groups is 1. The second-order valence-electron chi connectivity index (χ2n) is 3.29.